The summed E-state index contributed by atoms with van der Waals surface area (Å²) in [6.07, 6.45) is 4.01. The Balaban J connectivity index is 1.71. The van der Waals surface area contributed by atoms with Crippen LogP contribution in [0.3, 0.4) is 0 Å². The maximum atomic E-state index is 14.9. The van der Waals surface area contributed by atoms with Gasteiger partial charge in [0.05, 0.1) is 24.2 Å². The highest BCUT2D eigenvalue weighted by Crippen LogP contribution is 2.42. The number of aromatic nitrogens is 2. The van der Waals surface area contributed by atoms with Gasteiger partial charge in [0, 0.05) is 36.2 Å². The fourth-order valence-corrected chi connectivity index (χ4v) is 5.39. The van der Waals surface area contributed by atoms with Gasteiger partial charge in [-0.15, -0.1) is 11.3 Å². The molecule has 0 bridgehead atoms. The van der Waals surface area contributed by atoms with Crippen LogP contribution in [0.15, 0.2) is 61.1 Å². The van der Waals surface area contributed by atoms with E-state index < -0.39 is 5.82 Å². The number of hydrogen-bond acceptors (Lipinski definition) is 9. The van der Waals surface area contributed by atoms with Gasteiger partial charge in [0.1, 0.15) is 11.5 Å². The van der Waals surface area contributed by atoms with Crippen LogP contribution >= 0.6 is 11.3 Å². The van der Waals surface area contributed by atoms with Gasteiger partial charge in [-0.2, -0.15) is 0 Å². The lowest BCUT2D eigenvalue weighted by molar-refractivity contribution is 0.189. The van der Waals surface area contributed by atoms with Gasteiger partial charge < -0.3 is 21.2 Å². The summed E-state index contributed by atoms with van der Waals surface area (Å²) in [6, 6.07) is 12.4. The molecule has 2 aromatic heterocycles. The first kappa shape index (κ1) is 27.4. The first-order valence-electron chi connectivity index (χ1n) is 12.1. The lowest BCUT2D eigenvalue weighted by Gasteiger charge is -2.26. The van der Waals surface area contributed by atoms with Crippen LogP contribution in [0.5, 0.6) is 0 Å². The Morgan fingerprint density at radius 1 is 1.16 bits per heavy atom. The van der Waals surface area contributed by atoms with Gasteiger partial charge in [-0.25, -0.2) is 24.6 Å². The molecule has 1 unspecified atom stereocenters. The van der Waals surface area contributed by atoms with Crippen LogP contribution in [0.2, 0.25) is 0 Å². The number of rotatable bonds is 11. The zero-order valence-electron chi connectivity index (χ0n) is 21.2. The van der Waals surface area contributed by atoms with Gasteiger partial charge in [-0.3, -0.25) is 4.90 Å². The van der Waals surface area contributed by atoms with Crippen LogP contribution in [-0.4, -0.2) is 58.3 Å². The fourth-order valence-electron chi connectivity index (χ4n) is 4.21. The maximum absolute atomic E-state index is 14.9. The van der Waals surface area contributed by atoms with Crippen molar-refractivity contribution in [2.24, 2.45) is 11.6 Å². The van der Waals surface area contributed by atoms with Crippen molar-refractivity contribution < 1.29 is 13.9 Å². The molecule has 2 heterocycles. The molecule has 0 aliphatic rings. The number of nitrogens with two attached hydrogens (primary N) is 2. The zero-order valence-corrected chi connectivity index (χ0v) is 22.1. The number of nitrogens with zero attached hydrogens (tertiary/aromatic N) is 4. The van der Waals surface area contributed by atoms with E-state index >= 15 is 0 Å². The molecular formula is C27H31F2N7OS. The standard InChI is InChI=1S/C27H31F2N7OS/c1-17(35(2)12-13-37)20-7-6-19(28)15-22(20)21-5-3-4-18-14-24(38-26(18)21)25-23(29)16-33-27(34-25)32-9-11-36(31)10-8-30/h3-8,10,14-17,37H,9,11-13,30-31H2,1-2H3,(H,32,33,34)/b10-8-. The van der Waals surface area contributed by atoms with Gasteiger partial charge in [0.15, 0.2) is 5.82 Å². The second-order valence-electron chi connectivity index (χ2n) is 8.84. The number of fused-ring (bicyclic) bond motifs is 1. The number of thiophene rings is 1. The van der Waals surface area contributed by atoms with Crippen LogP contribution in [0.1, 0.15) is 18.5 Å². The number of nitrogens with one attached hydrogen (secondary N) is 1. The predicted molar refractivity (Wildman–Crippen MR) is 149 cm³/mol. The third-order valence-electron chi connectivity index (χ3n) is 6.32. The Bertz CT molecular complexity index is 1430. The molecule has 0 radical (unpaired) electrons. The highest BCUT2D eigenvalue weighted by molar-refractivity contribution is 7.22. The third kappa shape index (κ3) is 6.08. The quantitative estimate of drug-likeness (QED) is 0.165. The molecule has 0 spiro atoms. The number of benzene rings is 2. The van der Waals surface area contributed by atoms with E-state index in [-0.39, 0.29) is 30.1 Å². The summed E-state index contributed by atoms with van der Waals surface area (Å²) in [5, 5.41) is 14.7. The van der Waals surface area contributed by atoms with E-state index in [0.717, 1.165) is 33.0 Å². The number of hydrazine groups is 1. The van der Waals surface area contributed by atoms with E-state index in [1.165, 1.54) is 40.9 Å². The number of hydrogen-bond donors (Lipinski definition) is 4. The molecule has 4 aromatic rings. The normalized spacial score (nSPS) is 12.5. The minimum Gasteiger partial charge on any atom is -0.403 e. The molecule has 6 N–H and O–H groups in total. The summed E-state index contributed by atoms with van der Waals surface area (Å²) in [5.41, 5.74) is 8.04. The lowest BCUT2D eigenvalue weighted by atomic mass is 9.94. The van der Waals surface area contributed by atoms with Gasteiger partial charge in [0.2, 0.25) is 5.95 Å². The largest absolute Gasteiger partial charge is 0.403 e. The topological polar surface area (TPSA) is 117 Å². The van der Waals surface area contributed by atoms with E-state index in [0.29, 0.717) is 24.5 Å². The highest BCUT2D eigenvalue weighted by Gasteiger charge is 2.20. The zero-order chi connectivity index (χ0) is 27.2. The molecule has 8 nitrogen and oxygen atoms in total. The molecule has 0 aliphatic carbocycles. The number of likely N-dealkylation sites (N-methyl/N-ethyl adjacent to an activating group) is 1. The Kier molecular flexibility index (Phi) is 8.85. The Morgan fingerprint density at radius 2 is 1.97 bits per heavy atom. The van der Waals surface area contributed by atoms with Crippen molar-refractivity contribution in [1.29, 1.82) is 0 Å². The van der Waals surface area contributed by atoms with Gasteiger partial charge >= 0.3 is 0 Å². The fraction of sp³-hybridized carbons (Fsp3) is 0.259. The van der Waals surface area contributed by atoms with Crippen LogP contribution < -0.4 is 16.9 Å². The summed E-state index contributed by atoms with van der Waals surface area (Å²) in [6.45, 7) is 3.40. The molecule has 1 atom stereocenters. The molecule has 0 fully saturated rings. The van der Waals surface area contributed by atoms with Crippen molar-refractivity contribution in [3.8, 4) is 21.7 Å². The molecule has 0 saturated heterocycles. The average molecular weight is 540 g/mol. The third-order valence-corrected chi connectivity index (χ3v) is 7.51. The van der Waals surface area contributed by atoms with Gasteiger partial charge in [0.25, 0.3) is 0 Å². The van der Waals surface area contributed by atoms with E-state index in [1.807, 2.05) is 43.1 Å². The van der Waals surface area contributed by atoms with Crippen molar-refractivity contribution >= 4 is 27.4 Å². The molecule has 11 heteroatoms. The summed E-state index contributed by atoms with van der Waals surface area (Å²) in [5.74, 6) is 5.15. The van der Waals surface area contributed by atoms with Crippen molar-refractivity contribution in [1.82, 2.24) is 19.9 Å². The van der Waals surface area contributed by atoms with Crippen molar-refractivity contribution in [2.75, 3.05) is 38.6 Å². The molecule has 0 aliphatic heterocycles. The maximum Gasteiger partial charge on any atom is 0.223 e. The van der Waals surface area contributed by atoms with Crippen molar-refractivity contribution in [2.45, 2.75) is 13.0 Å². The smallest absolute Gasteiger partial charge is 0.223 e. The molecule has 38 heavy (non-hydrogen) atoms. The van der Waals surface area contributed by atoms with Crippen LogP contribution in [-0.2, 0) is 0 Å². The molecule has 2 aromatic carbocycles. The monoisotopic (exact) mass is 539 g/mol. The van der Waals surface area contributed by atoms with E-state index in [9.17, 15) is 13.9 Å². The predicted octanol–water partition coefficient (Wildman–Crippen LogP) is 4.31. The van der Waals surface area contributed by atoms with E-state index in [2.05, 4.69) is 15.3 Å². The number of halogens is 2. The van der Waals surface area contributed by atoms with Crippen LogP contribution in [0.25, 0.3) is 31.8 Å². The summed E-state index contributed by atoms with van der Waals surface area (Å²) >= 11 is 1.39. The van der Waals surface area contributed by atoms with Crippen LogP contribution in [0, 0.1) is 11.6 Å². The number of aliphatic hydroxyl groups is 1. The summed E-state index contributed by atoms with van der Waals surface area (Å²) in [7, 11) is 1.92. The molecule has 0 amide bonds. The lowest BCUT2D eigenvalue weighted by Crippen LogP contribution is -2.30. The van der Waals surface area contributed by atoms with Gasteiger partial charge in [-0.05, 0) is 54.2 Å². The van der Waals surface area contributed by atoms with Crippen LogP contribution in [0.4, 0.5) is 14.7 Å². The molecule has 0 saturated carbocycles. The first-order valence-corrected chi connectivity index (χ1v) is 12.9. The molecule has 4 rings (SSSR count). The summed E-state index contributed by atoms with van der Waals surface area (Å²) < 4.78 is 30.2. The van der Waals surface area contributed by atoms with E-state index in [4.69, 9.17) is 11.6 Å². The van der Waals surface area contributed by atoms with Crippen molar-refractivity contribution in [3.63, 3.8) is 0 Å². The van der Waals surface area contributed by atoms with Gasteiger partial charge in [-0.1, -0.05) is 24.3 Å². The Morgan fingerprint density at radius 3 is 2.74 bits per heavy atom. The minimum atomic E-state index is -0.541. The highest BCUT2D eigenvalue weighted by atomic mass is 32.1. The number of aliphatic hydroxyl groups excluding tert-OH is 1. The second-order valence-corrected chi connectivity index (χ2v) is 9.89. The van der Waals surface area contributed by atoms with E-state index in [1.54, 1.807) is 6.07 Å². The average Bonchev–Trinajstić information content (AvgIpc) is 3.34. The first-order chi connectivity index (χ1) is 18.3. The Labute approximate surface area is 224 Å². The molecular weight excluding hydrogens is 508 g/mol. The van der Waals surface area contributed by atoms with Crippen molar-refractivity contribution in [3.05, 3.63) is 78.3 Å². The Hall–Kier alpha value is -3.64. The second kappa shape index (κ2) is 12.3. The molecule has 200 valence electrons. The summed E-state index contributed by atoms with van der Waals surface area (Å²) in [4.78, 5) is 11.1. The SMILES string of the molecule is CC(c1ccc(F)cc1-c1cccc2cc(-c3nc(NCCN(N)/C=C\N)ncc3F)sc12)N(C)CCO. The minimum absolute atomic E-state index is 0.0256. The number of anilines is 1.